The Balaban J connectivity index is 2.26. The van der Waals surface area contributed by atoms with Crippen LogP contribution in [0.4, 0.5) is 0 Å². The number of hydrogen-bond donors (Lipinski definition) is 0. The SMILES string of the molecule is CC1(C)C2CCC1(CCC#N)C(Cl)C2. The lowest BCUT2D eigenvalue weighted by Crippen LogP contribution is -2.36. The van der Waals surface area contributed by atoms with Gasteiger partial charge < -0.3 is 0 Å². The molecule has 2 aliphatic rings. The van der Waals surface area contributed by atoms with E-state index in [1.165, 1.54) is 19.3 Å². The minimum Gasteiger partial charge on any atom is -0.198 e. The van der Waals surface area contributed by atoms with Crippen LogP contribution in [-0.4, -0.2) is 5.38 Å². The van der Waals surface area contributed by atoms with E-state index in [-0.39, 0.29) is 5.41 Å². The van der Waals surface area contributed by atoms with Crippen LogP contribution >= 0.6 is 11.6 Å². The summed E-state index contributed by atoms with van der Waals surface area (Å²) in [7, 11) is 0. The molecule has 0 aliphatic heterocycles. The number of hydrogen-bond acceptors (Lipinski definition) is 1. The summed E-state index contributed by atoms with van der Waals surface area (Å²) in [4.78, 5) is 0. The molecule has 0 amide bonds. The molecule has 0 N–H and O–H groups in total. The van der Waals surface area contributed by atoms with Gasteiger partial charge in [-0.1, -0.05) is 13.8 Å². The van der Waals surface area contributed by atoms with Crippen LogP contribution in [0.25, 0.3) is 0 Å². The lowest BCUT2D eigenvalue weighted by Gasteiger charge is -2.40. The monoisotopic (exact) mass is 211 g/mol. The predicted molar refractivity (Wildman–Crippen MR) is 58.0 cm³/mol. The molecule has 2 aliphatic carbocycles. The zero-order valence-corrected chi connectivity index (χ0v) is 9.77. The third kappa shape index (κ3) is 1.07. The Morgan fingerprint density at radius 3 is 2.64 bits per heavy atom. The zero-order chi connectivity index (χ0) is 10.4. The normalized spacial score (nSPS) is 43.9. The molecule has 0 heterocycles. The molecule has 1 nitrogen and oxygen atoms in total. The van der Waals surface area contributed by atoms with Crippen molar-refractivity contribution in [1.29, 1.82) is 5.26 Å². The molecular weight excluding hydrogens is 194 g/mol. The molecular formula is C12H18ClN. The van der Waals surface area contributed by atoms with Gasteiger partial charge in [0, 0.05) is 11.8 Å². The highest BCUT2D eigenvalue weighted by molar-refractivity contribution is 6.21. The van der Waals surface area contributed by atoms with Crippen molar-refractivity contribution in [3.63, 3.8) is 0 Å². The average molecular weight is 212 g/mol. The van der Waals surface area contributed by atoms with Gasteiger partial charge in [-0.2, -0.15) is 5.26 Å². The summed E-state index contributed by atoms with van der Waals surface area (Å²) in [5, 5.41) is 9.02. The standard InChI is InChI=1S/C12H18ClN/c1-11(2)9-4-6-12(11,5-3-7-14)10(13)8-9/h9-10H,3-6,8H2,1-2H3. The average Bonchev–Trinajstić information content (AvgIpc) is 2.48. The van der Waals surface area contributed by atoms with Crippen LogP contribution in [0.2, 0.25) is 0 Å². The van der Waals surface area contributed by atoms with Crippen LogP contribution in [0.15, 0.2) is 0 Å². The summed E-state index contributed by atoms with van der Waals surface area (Å²) >= 11 is 6.48. The molecule has 0 aromatic rings. The lowest BCUT2D eigenvalue weighted by molar-refractivity contribution is 0.121. The second kappa shape index (κ2) is 3.14. The van der Waals surface area contributed by atoms with Crippen molar-refractivity contribution in [2.45, 2.75) is 51.3 Å². The van der Waals surface area contributed by atoms with Gasteiger partial charge in [-0.15, -0.1) is 11.6 Å². The van der Waals surface area contributed by atoms with E-state index in [0.717, 1.165) is 12.3 Å². The van der Waals surface area contributed by atoms with Crippen molar-refractivity contribution in [3.05, 3.63) is 0 Å². The summed E-state index contributed by atoms with van der Waals surface area (Å²) in [6.07, 6.45) is 5.39. The van der Waals surface area contributed by atoms with Crippen molar-refractivity contribution in [1.82, 2.24) is 0 Å². The largest absolute Gasteiger partial charge is 0.198 e. The molecule has 14 heavy (non-hydrogen) atoms. The fourth-order valence-electron chi connectivity index (χ4n) is 3.85. The van der Waals surface area contributed by atoms with Gasteiger partial charge in [-0.05, 0) is 42.4 Å². The van der Waals surface area contributed by atoms with E-state index in [9.17, 15) is 0 Å². The second-order valence-electron chi connectivity index (χ2n) is 5.47. The molecule has 3 unspecified atom stereocenters. The second-order valence-corrected chi connectivity index (χ2v) is 6.00. The first-order valence-corrected chi connectivity index (χ1v) is 5.99. The van der Waals surface area contributed by atoms with E-state index in [4.69, 9.17) is 16.9 Å². The quantitative estimate of drug-likeness (QED) is 0.639. The zero-order valence-electron chi connectivity index (χ0n) is 9.02. The number of alkyl halides is 1. The third-order valence-corrected chi connectivity index (χ3v) is 5.61. The van der Waals surface area contributed by atoms with Crippen molar-refractivity contribution >= 4 is 11.6 Å². The Morgan fingerprint density at radius 2 is 2.21 bits per heavy atom. The molecule has 0 spiro atoms. The molecule has 0 radical (unpaired) electrons. The van der Waals surface area contributed by atoms with Crippen molar-refractivity contribution in [2.75, 3.05) is 0 Å². The third-order valence-electron chi connectivity index (χ3n) is 5.02. The molecule has 0 saturated heterocycles. The predicted octanol–water partition coefficient (Wildman–Crippen LogP) is 3.72. The Kier molecular flexibility index (Phi) is 2.31. The fourth-order valence-corrected chi connectivity index (χ4v) is 4.57. The van der Waals surface area contributed by atoms with E-state index in [0.29, 0.717) is 17.2 Å². The molecule has 0 aromatic heterocycles. The summed E-state index contributed by atoms with van der Waals surface area (Å²) in [6, 6.07) is 2.27. The first kappa shape index (κ1) is 10.3. The molecule has 3 atom stereocenters. The molecule has 78 valence electrons. The number of fused-ring (bicyclic) bond motifs is 2. The van der Waals surface area contributed by atoms with Crippen LogP contribution < -0.4 is 0 Å². The highest BCUT2D eigenvalue weighted by Gasteiger charge is 2.62. The van der Waals surface area contributed by atoms with Gasteiger partial charge in [0.05, 0.1) is 6.07 Å². The fraction of sp³-hybridized carbons (Fsp3) is 0.917. The van der Waals surface area contributed by atoms with Crippen LogP contribution in [-0.2, 0) is 0 Å². The van der Waals surface area contributed by atoms with Crippen LogP contribution in [0.3, 0.4) is 0 Å². The van der Waals surface area contributed by atoms with Crippen molar-refractivity contribution < 1.29 is 0 Å². The van der Waals surface area contributed by atoms with E-state index >= 15 is 0 Å². The van der Waals surface area contributed by atoms with Crippen LogP contribution in [0.1, 0.15) is 46.0 Å². The Morgan fingerprint density at radius 1 is 1.50 bits per heavy atom. The van der Waals surface area contributed by atoms with Gasteiger partial charge in [0.15, 0.2) is 0 Å². The summed E-state index contributed by atoms with van der Waals surface area (Å²) < 4.78 is 0. The van der Waals surface area contributed by atoms with Gasteiger partial charge in [0.1, 0.15) is 0 Å². The van der Waals surface area contributed by atoms with Gasteiger partial charge in [-0.3, -0.25) is 0 Å². The summed E-state index contributed by atoms with van der Waals surface area (Å²) in [6.45, 7) is 4.70. The van der Waals surface area contributed by atoms with Gasteiger partial charge in [0.2, 0.25) is 0 Å². The first-order valence-electron chi connectivity index (χ1n) is 5.55. The minimum atomic E-state index is 0.259. The van der Waals surface area contributed by atoms with Crippen LogP contribution in [0, 0.1) is 28.1 Å². The van der Waals surface area contributed by atoms with Gasteiger partial charge in [0.25, 0.3) is 0 Å². The first-order chi connectivity index (χ1) is 6.54. The lowest BCUT2D eigenvalue weighted by atomic mass is 9.67. The summed E-state index contributed by atoms with van der Waals surface area (Å²) in [5.74, 6) is 0.795. The van der Waals surface area contributed by atoms with E-state index in [1.54, 1.807) is 0 Å². The Hall–Kier alpha value is -0.220. The van der Waals surface area contributed by atoms with Crippen LogP contribution in [0.5, 0.6) is 0 Å². The van der Waals surface area contributed by atoms with E-state index in [1.807, 2.05) is 0 Å². The highest BCUT2D eigenvalue weighted by atomic mass is 35.5. The van der Waals surface area contributed by atoms with E-state index < -0.39 is 0 Å². The van der Waals surface area contributed by atoms with E-state index in [2.05, 4.69) is 19.9 Å². The Bertz CT molecular complexity index is 279. The topological polar surface area (TPSA) is 23.8 Å². The molecule has 2 bridgehead atoms. The highest BCUT2D eigenvalue weighted by Crippen LogP contribution is 2.68. The molecule has 2 heteroatoms. The minimum absolute atomic E-state index is 0.259. The van der Waals surface area contributed by atoms with Gasteiger partial charge in [-0.25, -0.2) is 0 Å². The molecule has 2 saturated carbocycles. The maximum absolute atomic E-state index is 8.71. The molecule has 2 rings (SSSR count). The number of nitrogens with zero attached hydrogens (tertiary/aromatic N) is 1. The number of nitriles is 1. The van der Waals surface area contributed by atoms with Crippen molar-refractivity contribution in [3.8, 4) is 6.07 Å². The Labute approximate surface area is 91.4 Å². The molecule has 2 fully saturated rings. The maximum atomic E-state index is 8.71. The summed E-state index contributed by atoms with van der Waals surface area (Å²) in [5.41, 5.74) is 0.616. The van der Waals surface area contributed by atoms with Crippen molar-refractivity contribution in [2.24, 2.45) is 16.7 Å². The number of rotatable bonds is 2. The maximum Gasteiger partial charge on any atom is 0.0621 e. The molecule has 0 aromatic carbocycles. The number of halogens is 1. The van der Waals surface area contributed by atoms with Gasteiger partial charge >= 0.3 is 0 Å². The smallest absolute Gasteiger partial charge is 0.0621 e.